The lowest BCUT2D eigenvalue weighted by molar-refractivity contribution is -0.118. The Bertz CT molecular complexity index is 843. The average Bonchev–Trinajstić information content (AvgIpc) is 2.74. The number of benzene rings is 2. The van der Waals surface area contributed by atoms with Crippen LogP contribution in [-0.4, -0.2) is 38.2 Å². The highest BCUT2D eigenvalue weighted by Crippen LogP contribution is 2.37. The molecule has 0 heterocycles. The first-order chi connectivity index (χ1) is 14.0. The second-order valence-corrected chi connectivity index (χ2v) is 7.58. The molecule has 1 N–H and O–H groups in total. The van der Waals surface area contributed by atoms with E-state index in [4.69, 9.17) is 25.8 Å². The van der Waals surface area contributed by atoms with Crippen molar-refractivity contribution >= 4 is 35.5 Å². The van der Waals surface area contributed by atoms with Crippen LogP contribution in [0.15, 0.2) is 46.4 Å². The third-order valence-corrected chi connectivity index (χ3v) is 5.27. The van der Waals surface area contributed by atoms with E-state index in [0.717, 1.165) is 17.1 Å². The molecule has 8 heteroatoms. The fraction of sp³-hybridized carbons (Fsp3) is 0.333. The molecule has 0 radical (unpaired) electrons. The maximum absolute atomic E-state index is 12.0. The lowest BCUT2D eigenvalue weighted by Crippen LogP contribution is -2.19. The molecule has 29 heavy (non-hydrogen) atoms. The molecule has 2 aromatic rings. The van der Waals surface area contributed by atoms with Crippen LogP contribution >= 0.6 is 23.4 Å². The van der Waals surface area contributed by atoms with Crippen molar-refractivity contribution in [2.24, 2.45) is 5.10 Å². The number of halogens is 1. The summed E-state index contributed by atoms with van der Waals surface area (Å²) in [6, 6.07) is 11.0. The molecule has 0 saturated heterocycles. The molecule has 0 saturated carbocycles. The van der Waals surface area contributed by atoms with Crippen LogP contribution in [-0.2, 0) is 4.79 Å². The van der Waals surface area contributed by atoms with Crippen molar-refractivity contribution in [1.29, 1.82) is 0 Å². The van der Waals surface area contributed by atoms with E-state index in [1.165, 1.54) is 18.0 Å². The Morgan fingerprint density at radius 1 is 1.24 bits per heavy atom. The molecule has 0 aliphatic carbocycles. The van der Waals surface area contributed by atoms with Gasteiger partial charge in [-0.25, -0.2) is 5.43 Å². The average molecular weight is 437 g/mol. The highest BCUT2D eigenvalue weighted by molar-refractivity contribution is 8.00. The van der Waals surface area contributed by atoms with Gasteiger partial charge >= 0.3 is 0 Å². The molecule has 0 aliphatic heterocycles. The third-order valence-electron chi connectivity index (χ3n) is 3.98. The van der Waals surface area contributed by atoms with E-state index in [2.05, 4.69) is 10.5 Å². The highest BCUT2D eigenvalue weighted by atomic mass is 35.5. The summed E-state index contributed by atoms with van der Waals surface area (Å²) in [6.07, 6.45) is 2.38. The number of rotatable bonds is 10. The second-order valence-electron chi connectivity index (χ2n) is 6.13. The lowest BCUT2D eigenvalue weighted by atomic mass is 10.2. The number of methoxy groups -OCH3 is 2. The summed E-state index contributed by atoms with van der Waals surface area (Å²) in [6.45, 7) is 3.99. The van der Waals surface area contributed by atoms with Crippen molar-refractivity contribution in [1.82, 2.24) is 5.43 Å². The lowest BCUT2D eigenvalue weighted by Gasteiger charge is -2.17. The number of amides is 1. The number of carbonyl (C=O) groups is 1. The highest BCUT2D eigenvalue weighted by Gasteiger charge is 2.14. The largest absolute Gasteiger partial charge is 0.497 e. The number of carbonyl (C=O) groups excluding carboxylic acids is 1. The van der Waals surface area contributed by atoms with Gasteiger partial charge in [-0.05, 0) is 55.3 Å². The van der Waals surface area contributed by atoms with Crippen molar-refractivity contribution in [2.75, 3.05) is 20.0 Å². The van der Waals surface area contributed by atoms with Gasteiger partial charge < -0.3 is 14.2 Å². The minimum atomic E-state index is -0.211. The summed E-state index contributed by atoms with van der Waals surface area (Å²) in [5.74, 6) is 1.83. The Morgan fingerprint density at radius 2 is 1.97 bits per heavy atom. The minimum Gasteiger partial charge on any atom is -0.497 e. The number of thioether (sulfide) groups is 1. The Hall–Kier alpha value is -2.38. The molecule has 0 fully saturated rings. The number of hydrogen-bond donors (Lipinski definition) is 1. The molecule has 0 spiro atoms. The molecule has 1 atom stereocenters. The van der Waals surface area contributed by atoms with Gasteiger partial charge in [-0.1, -0.05) is 18.5 Å². The first kappa shape index (κ1) is 22.9. The van der Waals surface area contributed by atoms with Crippen molar-refractivity contribution in [3.8, 4) is 17.2 Å². The summed E-state index contributed by atoms with van der Waals surface area (Å²) in [5.41, 5.74) is 3.19. The van der Waals surface area contributed by atoms with Gasteiger partial charge in [0.05, 0.1) is 37.3 Å². The molecule has 0 unspecified atom stereocenters. The monoisotopic (exact) mass is 436 g/mol. The van der Waals surface area contributed by atoms with Crippen LogP contribution in [0.1, 0.15) is 25.8 Å². The van der Waals surface area contributed by atoms with Crippen LogP contribution in [0.3, 0.4) is 0 Å². The van der Waals surface area contributed by atoms with Crippen molar-refractivity contribution in [3.05, 3.63) is 47.0 Å². The number of nitrogens with one attached hydrogen (secondary N) is 1. The Kier molecular flexibility index (Phi) is 9.15. The first-order valence-electron chi connectivity index (χ1n) is 9.09. The Morgan fingerprint density at radius 3 is 2.59 bits per heavy atom. The van der Waals surface area contributed by atoms with Crippen LogP contribution in [0.2, 0.25) is 5.02 Å². The maximum atomic E-state index is 12.0. The molecule has 6 nitrogen and oxygen atoms in total. The second kappa shape index (κ2) is 11.6. The van der Waals surface area contributed by atoms with Crippen LogP contribution in [0.25, 0.3) is 0 Å². The Labute approximate surface area is 180 Å². The summed E-state index contributed by atoms with van der Waals surface area (Å²) in [7, 11) is 3.16. The van der Waals surface area contributed by atoms with Gasteiger partial charge in [0.15, 0.2) is 11.5 Å². The van der Waals surface area contributed by atoms with E-state index in [-0.39, 0.29) is 17.8 Å². The van der Waals surface area contributed by atoms with E-state index >= 15 is 0 Å². The molecular weight excluding hydrogens is 412 g/mol. The SMILES string of the molecule is CC[C@H](C)Oc1c(Cl)cc(/C=N/NC(=O)CSc2ccc(OC)cc2)cc1OC. The number of hydrazone groups is 1. The van der Waals surface area contributed by atoms with E-state index in [1.807, 2.05) is 38.1 Å². The van der Waals surface area contributed by atoms with Gasteiger partial charge in [0.25, 0.3) is 0 Å². The smallest absolute Gasteiger partial charge is 0.250 e. The van der Waals surface area contributed by atoms with Gasteiger partial charge in [0.1, 0.15) is 5.75 Å². The zero-order valence-electron chi connectivity index (χ0n) is 16.9. The van der Waals surface area contributed by atoms with E-state index in [9.17, 15) is 4.79 Å². The van der Waals surface area contributed by atoms with Crippen molar-refractivity contribution in [2.45, 2.75) is 31.3 Å². The topological polar surface area (TPSA) is 69.2 Å². The standard InChI is InChI=1S/C21H25ClN2O4S/c1-5-14(2)28-21-18(22)10-15(11-19(21)27-4)12-23-24-20(25)13-29-17-8-6-16(26-3)7-9-17/h6-12,14H,5,13H2,1-4H3,(H,24,25)/b23-12+/t14-/m0/s1. The van der Waals surface area contributed by atoms with Crippen molar-refractivity contribution < 1.29 is 19.0 Å². The summed E-state index contributed by atoms with van der Waals surface area (Å²) < 4.78 is 16.3. The van der Waals surface area contributed by atoms with Gasteiger partial charge in [-0.3, -0.25) is 4.79 Å². The summed E-state index contributed by atoms with van der Waals surface area (Å²) in [5, 5.41) is 4.42. The quantitative estimate of drug-likeness (QED) is 0.330. The molecule has 0 aliphatic rings. The summed E-state index contributed by atoms with van der Waals surface area (Å²) in [4.78, 5) is 13.0. The van der Waals surface area contributed by atoms with Crippen molar-refractivity contribution in [3.63, 3.8) is 0 Å². The predicted octanol–water partition coefficient (Wildman–Crippen LogP) is 4.78. The van der Waals surface area contributed by atoms with E-state index in [1.54, 1.807) is 26.4 Å². The van der Waals surface area contributed by atoms with E-state index in [0.29, 0.717) is 22.1 Å². The number of nitrogens with zero attached hydrogens (tertiary/aromatic N) is 1. The molecule has 2 rings (SSSR count). The minimum absolute atomic E-state index is 0.0170. The molecule has 0 bridgehead atoms. The fourth-order valence-corrected chi connectivity index (χ4v) is 3.20. The number of ether oxygens (including phenoxy) is 3. The first-order valence-corrected chi connectivity index (χ1v) is 10.5. The predicted molar refractivity (Wildman–Crippen MR) is 118 cm³/mol. The van der Waals surface area contributed by atoms with Crippen LogP contribution in [0, 0.1) is 0 Å². The van der Waals surface area contributed by atoms with Crippen LogP contribution in [0.5, 0.6) is 17.2 Å². The molecule has 2 aromatic carbocycles. The molecule has 156 valence electrons. The molecule has 0 aromatic heterocycles. The summed E-state index contributed by atoms with van der Waals surface area (Å²) >= 11 is 7.74. The van der Waals surface area contributed by atoms with Gasteiger partial charge in [-0.2, -0.15) is 5.10 Å². The third kappa shape index (κ3) is 7.18. The van der Waals surface area contributed by atoms with Gasteiger partial charge in [0.2, 0.25) is 5.91 Å². The normalized spacial score (nSPS) is 11.9. The van der Waals surface area contributed by atoms with E-state index < -0.39 is 0 Å². The van der Waals surface area contributed by atoms with Crippen LogP contribution in [0.4, 0.5) is 0 Å². The molecule has 1 amide bonds. The zero-order valence-corrected chi connectivity index (χ0v) is 18.5. The van der Waals surface area contributed by atoms with Gasteiger partial charge in [0, 0.05) is 4.90 Å². The Balaban J connectivity index is 1.93. The van der Waals surface area contributed by atoms with Crippen LogP contribution < -0.4 is 19.6 Å². The maximum Gasteiger partial charge on any atom is 0.250 e. The fourth-order valence-electron chi connectivity index (χ4n) is 2.25. The zero-order chi connectivity index (χ0) is 21.2. The molecular formula is C21H25ClN2O4S. The number of hydrogen-bond acceptors (Lipinski definition) is 6. The van der Waals surface area contributed by atoms with Gasteiger partial charge in [-0.15, -0.1) is 11.8 Å².